The van der Waals surface area contributed by atoms with E-state index in [1.165, 1.54) is 0 Å². The van der Waals surface area contributed by atoms with Crippen molar-refractivity contribution < 1.29 is 0 Å². The zero-order valence-corrected chi connectivity index (χ0v) is 27.4. The highest BCUT2D eigenvalue weighted by Crippen LogP contribution is 2.55. The molecular formula is C43H29Cl2N3. The third-order valence-corrected chi connectivity index (χ3v) is 9.55. The van der Waals surface area contributed by atoms with E-state index < -0.39 is 11.6 Å². The Bertz CT molecular complexity index is 2180. The highest BCUT2D eigenvalue weighted by Gasteiger charge is 2.53. The SMILES string of the molecule is Clc1ccccc1C1=NC(c2ccccc2)=C(c2ccccc2)C1C1(c2ccccc2Cl)N=C(c2ccccc2)C(c2ccccc2)=N1. The van der Waals surface area contributed by atoms with Crippen LogP contribution in [-0.2, 0) is 5.66 Å². The van der Waals surface area contributed by atoms with Gasteiger partial charge in [-0.25, -0.2) is 9.98 Å². The molecule has 6 aromatic carbocycles. The van der Waals surface area contributed by atoms with Gasteiger partial charge in [-0.3, -0.25) is 4.99 Å². The summed E-state index contributed by atoms with van der Waals surface area (Å²) >= 11 is 14.2. The molecule has 3 nitrogen and oxygen atoms in total. The van der Waals surface area contributed by atoms with Crippen LogP contribution in [0.15, 0.2) is 185 Å². The van der Waals surface area contributed by atoms with Crippen LogP contribution in [0.25, 0.3) is 11.3 Å². The first-order chi connectivity index (χ1) is 23.6. The molecule has 1 unspecified atom stereocenters. The van der Waals surface area contributed by atoms with Crippen molar-refractivity contribution >= 4 is 51.6 Å². The first-order valence-corrected chi connectivity index (χ1v) is 16.6. The molecule has 0 aliphatic carbocycles. The lowest BCUT2D eigenvalue weighted by Crippen LogP contribution is -2.36. The van der Waals surface area contributed by atoms with Gasteiger partial charge in [0, 0.05) is 37.9 Å². The number of hydrogen-bond acceptors (Lipinski definition) is 3. The molecule has 0 aromatic heterocycles. The van der Waals surface area contributed by atoms with Gasteiger partial charge in [0.2, 0.25) is 0 Å². The lowest BCUT2D eigenvalue weighted by Gasteiger charge is -2.34. The molecule has 0 saturated heterocycles. The molecule has 230 valence electrons. The Morgan fingerprint density at radius 3 is 1.40 bits per heavy atom. The van der Waals surface area contributed by atoms with E-state index in [0.29, 0.717) is 10.0 Å². The van der Waals surface area contributed by atoms with Gasteiger partial charge >= 0.3 is 0 Å². The number of benzene rings is 6. The van der Waals surface area contributed by atoms with Gasteiger partial charge in [0.25, 0.3) is 0 Å². The Balaban J connectivity index is 1.52. The maximum atomic E-state index is 7.21. The fraction of sp³-hybridized carbons (Fsp3) is 0.0465. The van der Waals surface area contributed by atoms with Crippen LogP contribution in [0.5, 0.6) is 0 Å². The average molecular weight is 659 g/mol. The van der Waals surface area contributed by atoms with Crippen molar-refractivity contribution in [2.75, 3.05) is 0 Å². The molecule has 5 heteroatoms. The van der Waals surface area contributed by atoms with Crippen molar-refractivity contribution in [3.05, 3.63) is 213 Å². The van der Waals surface area contributed by atoms with Gasteiger partial charge in [0.15, 0.2) is 5.66 Å². The Labute approximate surface area is 290 Å². The predicted molar refractivity (Wildman–Crippen MR) is 200 cm³/mol. The van der Waals surface area contributed by atoms with E-state index in [1.54, 1.807) is 0 Å². The number of nitrogens with zero attached hydrogens (tertiary/aromatic N) is 3. The normalized spacial score (nSPS) is 16.8. The Hall–Kier alpha value is -5.35. The minimum absolute atomic E-state index is 0.505. The quantitative estimate of drug-likeness (QED) is 0.164. The number of aliphatic imine (C=N–C) groups is 3. The Morgan fingerprint density at radius 1 is 0.438 bits per heavy atom. The van der Waals surface area contributed by atoms with Crippen LogP contribution in [0, 0.1) is 5.92 Å². The van der Waals surface area contributed by atoms with Crippen molar-refractivity contribution in [3.8, 4) is 0 Å². The molecule has 0 amide bonds. The fourth-order valence-corrected chi connectivity index (χ4v) is 7.27. The highest BCUT2D eigenvalue weighted by molar-refractivity contribution is 6.54. The van der Waals surface area contributed by atoms with Gasteiger partial charge in [-0.2, -0.15) is 0 Å². The van der Waals surface area contributed by atoms with E-state index in [1.807, 2.05) is 109 Å². The molecule has 0 radical (unpaired) electrons. The summed E-state index contributed by atoms with van der Waals surface area (Å²) < 4.78 is 0. The second-order valence-corrected chi connectivity index (χ2v) is 12.6. The summed E-state index contributed by atoms with van der Waals surface area (Å²) in [4.78, 5) is 17.0. The minimum atomic E-state index is -1.24. The minimum Gasteiger partial charge on any atom is -0.251 e. The van der Waals surface area contributed by atoms with Gasteiger partial charge in [0.05, 0.1) is 28.8 Å². The van der Waals surface area contributed by atoms with Crippen LogP contribution in [0.3, 0.4) is 0 Å². The lowest BCUT2D eigenvalue weighted by molar-refractivity contribution is 0.440. The third-order valence-electron chi connectivity index (χ3n) is 8.89. The maximum absolute atomic E-state index is 7.21. The van der Waals surface area contributed by atoms with Crippen LogP contribution in [-0.4, -0.2) is 17.1 Å². The average Bonchev–Trinajstić information content (AvgIpc) is 3.75. The largest absolute Gasteiger partial charge is 0.251 e. The van der Waals surface area contributed by atoms with Gasteiger partial charge in [-0.15, -0.1) is 0 Å². The Morgan fingerprint density at radius 2 is 0.875 bits per heavy atom. The summed E-state index contributed by atoms with van der Waals surface area (Å²) in [7, 11) is 0. The summed E-state index contributed by atoms with van der Waals surface area (Å²) in [6.45, 7) is 0. The third kappa shape index (κ3) is 5.22. The smallest absolute Gasteiger partial charge is 0.191 e. The van der Waals surface area contributed by atoms with Crippen LogP contribution >= 0.6 is 23.2 Å². The summed E-state index contributed by atoms with van der Waals surface area (Å²) in [5, 5.41) is 1.18. The Kier molecular flexibility index (Phi) is 7.93. The van der Waals surface area contributed by atoms with Gasteiger partial charge in [0.1, 0.15) is 0 Å². The molecule has 0 saturated carbocycles. The van der Waals surface area contributed by atoms with Gasteiger partial charge in [-0.1, -0.05) is 181 Å². The molecule has 2 aliphatic heterocycles. The second-order valence-electron chi connectivity index (χ2n) is 11.8. The maximum Gasteiger partial charge on any atom is 0.191 e. The fourth-order valence-electron chi connectivity index (χ4n) is 6.76. The van der Waals surface area contributed by atoms with Crippen molar-refractivity contribution in [2.24, 2.45) is 20.9 Å². The first kappa shape index (κ1) is 30.0. The van der Waals surface area contributed by atoms with Gasteiger partial charge < -0.3 is 0 Å². The van der Waals surface area contributed by atoms with Crippen molar-refractivity contribution in [2.45, 2.75) is 5.66 Å². The molecule has 48 heavy (non-hydrogen) atoms. The zero-order valence-electron chi connectivity index (χ0n) is 25.8. The number of halogens is 2. The summed E-state index contributed by atoms with van der Waals surface area (Å²) in [6, 6.07) is 57.0. The van der Waals surface area contributed by atoms with Crippen LogP contribution < -0.4 is 0 Å². The van der Waals surface area contributed by atoms with Gasteiger partial charge in [-0.05, 0) is 23.3 Å². The standard InChI is InChI=1S/C43H29Cl2N3/c44-35-27-15-13-25-33(35)42-38(37(29-17-5-1-6-18-29)39(46-42)30-19-7-2-8-20-30)43(34-26-14-16-28-36(34)45)47-40(31-21-9-3-10-22-31)41(48-43)32-23-11-4-12-24-32/h1-28,38H. The molecule has 8 rings (SSSR count). The molecule has 0 spiro atoms. The highest BCUT2D eigenvalue weighted by atomic mass is 35.5. The molecule has 1 atom stereocenters. The lowest BCUT2D eigenvalue weighted by atomic mass is 9.75. The van der Waals surface area contributed by atoms with E-state index in [9.17, 15) is 0 Å². The van der Waals surface area contributed by atoms with Crippen LogP contribution in [0.2, 0.25) is 10.0 Å². The molecule has 0 bridgehead atoms. The molecular weight excluding hydrogens is 629 g/mol. The van der Waals surface area contributed by atoms with E-state index >= 15 is 0 Å². The molecule has 2 aliphatic rings. The van der Waals surface area contributed by atoms with E-state index in [2.05, 4.69) is 60.7 Å². The van der Waals surface area contributed by atoms with Crippen molar-refractivity contribution in [1.29, 1.82) is 0 Å². The second kappa shape index (κ2) is 12.7. The first-order valence-electron chi connectivity index (χ1n) is 15.9. The predicted octanol–water partition coefficient (Wildman–Crippen LogP) is 10.8. The zero-order chi connectivity index (χ0) is 32.5. The monoisotopic (exact) mass is 657 g/mol. The molecule has 0 fully saturated rings. The molecule has 0 N–H and O–H groups in total. The van der Waals surface area contributed by atoms with Crippen LogP contribution in [0.1, 0.15) is 33.4 Å². The molecule has 2 heterocycles. The summed E-state index contributed by atoms with van der Waals surface area (Å²) in [6.07, 6.45) is 0. The topological polar surface area (TPSA) is 37.1 Å². The van der Waals surface area contributed by atoms with Crippen molar-refractivity contribution in [1.82, 2.24) is 0 Å². The number of rotatable bonds is 7. The summed E-state index contributed by atoms with van der Waals surface area (Å²) in [5.41, 5.74) is 8.57. The van der Waals surface area contributed by atoms with E-state index in [0.717, 1.165) is 61.8 Å². The van der Waals surface area contributed by atoms with Crippen LogP contribution in [0.4, 0.5) is 0 Å². The molecule has 6 aromatic rings. The van der Waals surface area contributed by atoms with E-state index in [4.69, 9.17) is 38.2 Å². The number of hydrogen-bond donors (Lipinski definition) is 0. The summed E-state index contributed by atoms with van der Waals surface area (Å²) in [5.74, 6) is -0.505. The van der Waals surface area contributed by atoms with E-state index in [-0.39, 0.29) is 0 Å². The van der Waals surface area contributed by atoms with Crippen molar-refractivity contribution in [3.63, 3.8) is 0 Å².